The van der Waals surface area contributed by atoms with Crippen LogP contribution >= 0.6 is 0 Å². The first-order chi connectivity index (χ1) is 7.75. The van der Waals surface area contributed by atoms with Gasteiger partial charge in [0.2, 0.25) is 0 Å². The number of H-pyrrole nitrogens is 1. The summed E-state index contributed by atoms with van der Waals surface area (Å²) in [6.45, 7) is 0.467. The van der Waals surface area contributed by atoms with Crippen molar-refractivity contribution in [1.82, 2.24) is 19.5 Å². The number of hydrogen-bond acceptors (Lipinski definition) is 4. The lowest BCUT2D eigenvalue weighted by Crippen LogP contribution is -2.29. The van der Waals surface area contributed by atoms with Crippen molar-refractivity contribution >= 4 is 0 Å². The molecule has 2 heterocycles. The highest BCUT2D eigenvalue weighted by molar-refractivity contribution is 4.95. The number of nitrogens with zero attached hydrogens (tertiary/aromatic N) is 3. The van der Waals surface area contributed by atoms with Gasteiger partial charge in [0.25, 0.3) is 5.56 Å². The fraction of sp³-hybridized carbons (Fsp3) is 0.200. The Kier molecular flexibility index (Phi) is 2.90. The fourth-order valence-corrected chi connectivity index (χ4v) is 1.31. The summed E-state index contributed by atoms with van der Waals surface area (Å²) < 4.78 is 1.43. The van der Waals surface area contributed by atoms with E-state index in [1.165, 1.54) is 16.8 Å². The van der Waals surface area contributed by atoms with E-state index in [-0.39, 0.29) is 5.56 Å². The molecule has 6 nitrogen and oxygen atoms in total. The summed E-state index contributed by atoms with van der Waals surface area (Å²) in [7, 11) is 0. The molecular weight excluding hydrogens is 208 g/mol. The van der Waals surface area contributed by atoms with Gasteiger partial charge in [-0.05, 0) is 0 Å². The molecule has 0 saturated carbocycles. The van der Waals surface area contributed by atoms with Gasteiger partial charge in [-0.25, -0.2) is 4.79 Å². The summed E-state index contributed by atoms with van der Waals surface area (Å²) in [5, 5.41) is 0. The minimum Gasteiger partial charge on any atom is -0.300 e. The van der Waals surface area contributed by atoms with Gasteiger partial charge in [-0.2, -0.15) is 0 Å². The van der Waals surface area contributed by atoms with Gasteiger partial charge in [-0.15, -0.1) is 0 Å². The number of aromatic nitrogens is 4. The first-order valence-electron chi connectivity index (χ1n) is 4.80. The smallest absolute Gasteiger partial charge is 0.300 e. The molecule has 6 heteroatoms. The molecule has 0 aliphatic carbocycles. The van der Waals surface area contributed by atoms with Crippen LogP contribution in [0.4, 0.5) is 0 Å². The standard InChI is InChI=1S/C10H10N4O2/c15-9-2-6-14(10(16)13-9)5-1-8-7-11-3-4-12-8/h2-4,6-7H,1,5H2,(H,13,15,16). The van der Waals surface area contributed by atoms with E-state index in [1.807, 2.05) is 0 Å². The van der Waals surface area contributed by atoms with Crippen LogP contribution in [0.25, 0.3) is 0 Å². The average molecular weight is 218 g/mol. The number of nitrogens with one attached hydrogen (secondary N) is 1. The second-order valence-electron chi connectivity index (χ2n) is 3.25. The van der Waals surface area contributed by atoms with Gasteiger partial charge in [0.05, 0.1) is 5.69 Å². The number of aryl methyl sites for hydroxylation is 2. The summed E-state index contributed by atoms with van der Waals surface area (Å²) in [4.78, 5) is 32.4. The van der Waals surface area contributed by atoms with Gasteiger partial charge >= 0.3 is 5.69 Å². The zero-order valence-corrected chi connectivity index (χ0v) is 8.46. The predicted octanol–water partition coefficient (Wildman–Crippen LogP) is -0.431. The fourth-order valence-electron chi connectivity index (χ4n) is 1.31. The molecule has 0 spiro atoms. The van der Waals surface area contributed by atoms with E-state index in [0.29, 0.717) is 13.0 Å². The largest absolute Gasteiger partial charge is 0.328 e. The number of aromatic amines is 1. The Morgan fingerprint density at radius 3 is 2.88 bits per heavy atom. The van der Waals surface area contributed by atoms with Gasteiger partial charge in [0, 0.05) is 43.8 Å². The van der Waals surface area contributed by atoms with Crippen LogP contribution in [0.2, 0.25) is 0 Å². The highest BCUT2D eigenvalue weighted by atomic mass is 16.2. The summed E-state index contributed by atoms with van der Waals surface area (Å²) in [5.41, 5.74) is 0.0118. The third-order valence-electron chi connectivity index (χ3n) is 2.12. The monoisotopic (exact) mass is 218 g/mol. The Labute approximate surface area is 90.6 Å². The first kappa shape index (κ1) is 10.3. The Morgan fingerprint density at radius 1 is 1.31 bits per heavy atom. The van der Waals surface area contributed by atoms with Crippen molar-refractivity contribution in [1.29, 1.82) is 0 Å². The third kappa shape index (κ3) is 2.41. The lowest BCUT2D eigenvalue weighted by Gasteiger charge is -2.03. The van der Waals surface area contributed by atoms with E-state index < -0.39 is 5.69 Å². The van der Waals surface area contributed by atoms with Gasteiger partial charge < -0.3 is 4.57 Å². The van der Waals surface area contributed by atoms with Crippen molar-refractivity contribution in [3.05, 3.63) is 57.4 Å². The average Bonchev–Trinajstić information content (AvgIpc) is 2.29. The molecule has 0 atom stereocenters. The molecule has 2 rings (SSSR count). The molecule has 0 amide bonds. The Hall–Kier alpha value is -2.24. The van der Waals surface area contributed by atoms with Crippen LogP contribution in [-0.2, 0) is 13.0 Å². The maximum Gasteiger partial charge on any atom is 0.328 e. The molecule has 0 aliphatic rings. The van der Waals surface area contributed by atoms with E-state index in [2.05, 4.69) is 15.0 Å². The van der Waals surface area contributed by atoms with Crippen LogP contribution in [0.5, 0.6) is 0 Å². The summed E-state index contributed by atoms with van der Waals surface area (Å²) in [6, 6.07) is 1.32. The van der Waals surface area contributed by atoms with E-state index in [1.54, 1.807) is 18.6 Å². The van der Waals surface area contributed by atoms with Gasteiger partial charge in [-0.1, -0.05) is 0 Å². The predicted molar refractivity (Wildman–Crippen MR) is 57.1 cm³/mol. The van der Waals surface area contributed by atoms with E-state index in [9.17, 15) is 9.59 Å². The van der Waals surface area contributed by atoms with Crippen LogP contribution in [-0.4, -0.2) is 19.5 Å². The van der Waals surface area contributed by atoms with Crippen molar-refractivity contribution in [3.8, 4) is 0 Å². The van der Waals surface area contributed by atoms with Crippen LogP contribution in [0.3, 0.4) is 0 Å². The van der Waals surface area contributed by atoms with E-state index in [4.69, 9.17) is 0 Å². The third-order valence-corrected chi connectivity index (χ3v) is 2.12. The molecule has 2 aromatic heterocycles. The molecular formula is C10H10N4O2. The van der Waals surface area contributed by atoms with Crippen LogP contribution in [0.15, 0.2) is 40.4 Å². The molecule has 0 unspecified atom stereocenters. The van der Waals surface area contributed by atoms with Gasteiger partial charge in [-0.3, -0.25) is 19.7 Å². The second-order valence-corrected chi connectivity index (χ2v) is 3.25. The maximum absolute atomic E-state index is 11.3. The molecule has 0 saturated heterocycles. The van der Waals surface area contributed by atoms with Crippen molar-refractivity contribution in [2.45, 2.75) is 13.0 Å². The van der Waals surface area contributed by atoms with Crippen LogP contribution < -0.4 is 11.2 Å². The molecule has 0 aliphatic heterocycles. The molecule has 2 aromatic rings. The van der Waals surface area contributed by atoms with Gasteiger partial charge in [0.15, 0.2) is 0 Å². The van der Waals surface area contributed by atoms with E-state index >= 15 is 0 Å². The first-order valence-corrected chi connectivity index (χ1v) is 4.80. The van der Waals surface area contributed by atoms with Crippen molar-refractivity contribution in [2.24, 2.45) is 0 Å². The molecule has 82 valence electrons. The zero-order chi connectivity index (χ0) is 11.4. The van der Waals surface area contributed by atoms with Crippen molar-refractivity contribution in [3.63, 3.8) is 0 Å². The zero-order valence-electron chi connectivity index (χ0n) is 8.46. The highest BCUT2D eigenvalue weighted by Gasteiger charge is 1.98. The van der Waals surface area contributed by atoms with Crippen molar-refractivity contribution in [2.75, 3.05) is 0 Å². The quantitative estimate of drug-likeness (QED) is 0.758. The number of hydrogen-bond donors (Lipinski definition) is 1. The molecule has 1 N–H and O–H groups in total. The molecule has 0 radical (unpaired) electrons. The lowest BCUT2D eigenvalue weighted by molar-refractivity contribution is 0.636. The molecule has 0 fully saturated rings. The summed E-state index contributed by atoms with van der Waals surface area (Å²) in [6.07, 6.45) is 6.91. The SMILES string of the molecule is O=c1ccn(CCc2cnccn2)c(=O)[nH]1. The molecule has 16 heavy (non-hydrogen) atoms. The normalized spacial score (nSPS) is 10.2. The van der Waals surface area contributed by atoms with Crippen LogP contribution in [0.1, 0.15) is 5.69 Å². The Balaban J connectivity index is 2.11. The van der Waals surface area contributed by atoms with Gasteiger partial charge in [0.1, 0.15) is 0 Å². The van der Waals surface area contributed by atoms with Crippen molar-refractivity contribution < 1.29 is 0 Å². The lowest BCUT2D eigenvalue weighted by atomic mass is 10.3. The Morgan fingerprint density at radius 2 is 2.19 bits per heavy atom. The molecule has 0 aromatic carbocycles. The topological polar surface area (TPSA) is 80.6 Å². The maximum atomic E-state index is 11.3. The summed E-state index contributed by atoms with van der Waals surface area (Å²) >= 11 is 0. The Bertz CT molecular complexity index is 573. The molecule has 0 bridgehead atoms. The minimum atomic E-state index is -0.406. The van der Waals surface area contributed by atoms with E-state index in [0.717, 1.165) is 5.69 Å². The van der Waals surface area contributed by atoms with Crippen LogP contribution in [0, 0.1) is 0 Å². The number of rotatable bonds is 3. The second kappa shape index (κ2) is 4.52. The minimum absolute atomic E-state index is 0.388. The highest BCUT2D eigenvalue weighted by Crippen LogP contribution is 1.93. The summed E-state index contributed by atoms with van der Waals surface area (Å²) in [5.74, 6) is 0.